The molecule has 0 aromatic heterocycles. The van der Waals surface area contributed by atoms with Crippen molar-refractivity contribution in [1.82, 2.24) is 0 Å². The Morgan fingerprint density at radius 3 is 1.40 bits per heavy atom. The van der Waals surface area contributed by atoms with E-state index in [1.54, 1.807) is 0 Å². The molecule has 0 saturated heterocycles. The van der Waals surface area contributed by atoms with E-state index in [0.717, 1.165) is 18.8 Å². The summed E-state index contributed by atoms with van der Waals surface area (Å²) in [5.41, 5.74) is 10.9. The Morgan fingerprint density at radius 1 is 0.595 bits per heavy atom. The maximum atomic E-state index is 10.1. The van der Waals surface area contributed by atoms with Crippen molar-refractivity contribution in [1.29, 1.82) is 0 Å². The van der Waals surface area contributed by atoms with Crippen LogP contribution in [0.25, 0.3) is 0 Å². The molecule has 1 nitrogen and oxygen atoms in total. The lowest BCUT2D eigenvalue weighted by atomic mass is 9.69. The summed E-state index contributed by atoms with van der Waals surface area (Å²) >= 11 is 0. The maximum absolute atomic E-state index is 10.1. The van der Waals surface area contributed by atoms with Crippen molar-refractivity contribution in [3.8, 4) is 0 Å². The SMILES string of the molecule is CC1=C(/C=C/C(C)=C/C=C/C(C)=C/C=C/C=C(C)/C=C/C=C(C)/C=C/C2=C(C)CC(O)CC2(C)C)C(C)(C)CC(C)C1. The monoisotopic (exact) mass is 566 g/mol. The van der Waals surface area contributed by atoms with Crippen LogP contribution in [0.3, 0.4) is 0 Å². The van der Waals surface area contributed by atoms with Gasteiger partial charge in [0.25, 0.3) is 0 Å². The van der Waals surface area contributed by atoms with Crippen molar-refractivity contribution >= 4 is 0 Å². The second kappa shape index (κ2) is 16.1. The van der Waals surface area contributed by atoms with Crippen LogP contribution in [0.5, 0.6) is 0 Å². The van der Waals surface area contributed by atoms with Crippen LogP contribution in [0.1, 0.15) is 102 Å². The zero-order valence-corrected chi connectivity index (χ0v) is 28.5. The molecular formula is C41H58O. The van der Waals surface area contributed by atoms with E-state index in [0.29, 0.717) is 0 Å². The van der Waals surface area contributed by atoms with Crippen molar-refractivity contribution in [2.24, 2.45) is 16.7 Å². The van der Waals surface area contributed by atoms with Crippen LogP contribution in [0.4, 0.5) is 0 Å². The minimum absolute atomic E-state index is 0.0119. The summed E-state index contributed by atoms with van der Waals surface area (Å²) in [6, 6.07) is 0. The first-order valence-electron chi connectivity index (χ1n) is 15.8. The molecule has 2 unspecified atom stereocenters. The molecule has 2 aliphatic rings. The number of rotatable bonds is 10. The molecule has 0 aromatic rings. The molecule has 1 heteroatoms. The standard InChI is InChI=1S/C41H58O/c1-30(18-14-20-32(3)22-24-38-35(6)26-34(5)28-40(38,8)9)16-12-13-17-31(2)19-15-21-33(4)23-25-39-36(7)27-37(42)29-41(39,10)11/h12-25,34,37,42H,26-29H2,1-11H3/b13-12+,18-14+,19-15+,24-22+,25-23+,30-16+,31-17+,32-20+,33-21+. The van der Waals surface area contributed by atoms with Crippen LogP contribution in [-0.2, 0) is 0 Å². The van der Waals surface area contributed by atoms with Crippen LogP contribution in [0.15, 0.2) is 130 Å². The molecule has 0 heterocycles. The van der Waals surface area contributed by atoms with E-state index in [-0.39, 0.29) is 16.9 Å². The van der Waals surface area contributed by atoms with Gasteiger partial charge < -0.3 is 5.11 Å². The third-order valence-electron chi connectivity index (χ3n) is 8.47. The Labute approximate surface area is 259 Å². The summed E-state index contributed by atoms with van der Waals surface area (Å²) < 4.78 is 0. The van der Waals surface area contributed by atoms with Crippen molar-refractivity contribution in [3.63, 3.8) is 0 Å². The second-order valence-corrected chi connectivity index (χ2v) is 14.1. The Kier molecular flexibility index (Phi) is 13.5. The van der Waals surface area contributed by atoms with Crippen LogP contribution >= 0.6 is 0 Å². The fourth-order valence-electron chi connectivity index (χ4n) is 6.58. The van der Waals surface area contributed by atoms with E-state index in [4.69, 9.17) is 0 Å². The van der Waals surface area contributed by atoms with Crippen LogP contribution < -0.4 is 0 Å². The molecule has 0 spiro atoms. The third kappa shape index (κ3) is 11.8. The molecule has 0 aromatic carbocycles. The lowest BCUT2D eigenvalue weighted by Crippen LogP contribution is -2.28. The highest BCUT2D eigenvalue weighted by Gasteiger charge is 2.31. The van der Waals surface area contributed by atoms with E-state index >= 15 is 0 Å². The van der Waals surface area contributed by atoms with Crippen LogP contribution in [-0.4, -0.2) is 11.2 Å². The van der Waals surface area contributed by atoms with Gasteiger partial charge in [-0.2, -0.15) is 0 Å². The molecule has 2 aliphatic carbocycles. The zero-order valence-electron chi connectivity index (χ0n) is 28.5. The molecule has 0 fully saturated rings. The quantitative estimate of drug-likeness (QED) is 0.261. The van der Waals surface area contributed by atoms with E-state index in [2.05, 4.69) is 161 Å². The molecule has 228 valence electrons. The van der Waals surface area contributed by atoms with Gasteiger partial charge in [0, 0.05) is 0 Å². The van der Waals surface area contributed by atoms with Crippen LogP contribution in [0.2, 0.25) is 0 Å². The van der Waals surface area contributed by atoms with Crippen molar-refractivity contribution in [3.05, 3.63) is 130 Å². The zero-order chi connectivity index (χ0) is 31.5. The Balaban J connectivity index is 1.90. The Hall–Kier alpha value is -2.90. The van der Waals surface area contributed by atoms with Gasteiger partial charge in [0.1, 0.15) is 0 Å². The molecule has 0 saturated carbocycles. The van der Waals surface area contributed by atoms with Gasteiger partial charge in [0.15, 0.2) is 0 Å². The maximum Gasteiger partial charge on any atom is 0.0585 e. The number of hydrogen-bond donors (Lipinski definition) is 1. The van der Waals surface area contributed by atoms with Crippen molar-refractivity contribution in [2.75, 3.05) is 0 Å². The van der Waals surface area contributed by atoms with Crippen molar-refractivity contribution in [2.45, 2.75) is 108 Å². The average Bonchev–Trinajstić information content (AvgIpc) is 2.84. The first kappa shape index (κ1) is 35.3. The number of hydrogen-bond acceptors (Lipinski definition) is 1. The van der Waals surface area contributed by atoms with E-state index < -0.39 is 0 Å². The van der Waals surface area contributed by atoms with E-state index in [1.165, 1.54) is 57.4 Å². The predicted molar refractivity (Wildman–Crippen MR) is 187 cm³/mol. The predicted octanol–water partition coefficient (Wildman–Crippen LogP) is 11.8. The fraction of sp³-hybridized carbons (Fsp3) is 0.463. The first-order valence-corrected chi connectivity index (χ1v) is 15.8. The summed E-state index contributed by atoms with van der Waals surface area (Å²) in [6.07, 6.45) is 34.2. The summed E-state index contributed by atoms with van der Waals surface area (Å²) in [4.78, 5) is 0. The van der Waals surface area contributed by atoms with Gasteiger partial charge in [0.2, 0.25) is 0 Å². The summed E-state index contributed by atoms with van der Waals surface area (Å²) in [5.74, 6) is 0.773. The largest absolute Gasteiger partial charge is 0.393 e. The van der Waals surface area contributed by atoms with Gasteiger partial charge >= 0.3 is 0 Å². The molecule has 0 bridgehead atoms. The smallest absolute Gasteiger partial charge is 0.0585 e. The molecule has 0 radical (unpaired) electrons. The lowest BCUT2D eigenvalue weighted by Gasteiger charge is -2.36. The molecule has 0 amide bonds. The second-order valence-electron chi connectivity index (χ2n) is 14.1. The summed E-state index contributed by atoms with van der Waals surface area (Å²) in [5, 5.41) is 10.1. The molecule has 2 rings (SSSR count). The van der Waals surface area contributed by atoms with Gasteiger partial charge in [-0.25, -0.2) is 0 Å². The highest BCUT2D eigenvalue weighted by molar-refractivity contribution is 5.39. The van der Waals surface area contributed by atoms with Gasteiger partial charge in [-0.15, -0.1) is 0 Å². The minimum atomic E-state index is -0.221. The highest BCUT2D eigenvalue weighted by Crippen LogP contribution is 2.43. The fourth-order valence-corrected chi connectivity index (χ4v) is 6.58. The molecule has 1 N–H and O–H groups in total. The van der Waals surface area contributed by atoms with E-state index in [9.17, 15) is 5.11 Å². The topological polar surface area (TPSA) is 20.2 Å². The highest BCUT2D eigenvalue weighted by atomic mass is 16.3. The summed E-state index contributed by atoms with van der Waals surface area (Å²) in [6.45, 7) is 24.6. The summed E-state index contributed by atoms with van der Waals surface area (Å²) in [7, 11) is 0. The van der Waals surface area contributed by atoms with Gasteiger partial charge in [-0.3, -0.25) is 0 Å². The molecule has 2 atom stereocenters. The average molecular weight is 567 g/mol. The molecule has 42 heavy (non-hydrogen) atoms. The van der Waals surface area contributed by atoms with Crippen molar-refractivity contribution < 1.29 is 5.11 Å². The molecule has 0 aliphatic heterocycles. The first-order chi connectivity index (χ1) is 19.6. The number of aliphatic hydroxyl groups is 1. The van der Waals surface area contributed by atoms with Gasteiger partial charge in [0.05, 0.1) is 6.10 Å². The number of aliphatic hydroxyl groups excluding tert-OH is 1. The normalized spacial score (nSPS) is 25.0. The third-order valence-corrected chi connectivity index (χ3v) is 8.47. The van der Waals surface area contributed by atoms with Crippen LogP contribution in [0, 0.1) is 16.7 Å². The van der Waals surface area contributed by atoms with Gasteiger partial charge in [-0.1, -0.05) is 153 Å². The lowest BCUT2D eigenvalue weighted by molar-refractivity contribution is 0.116. The Bertz CT molecular complexity index is 1180. The molecular weight excluding hydrogens is 508 g/mol. The van der Waals surface area contributed by atoms with E-state index in [1.807, 2.05) is 0 Å². The minimum Gasteiger partial charge on any atom is -0.393 e. The van der Waals surface area contributed by atoms with Gasteiger partial charge in [-0.05, 0) is 95.1 Å². The number of allylic oxidation sites excluding steroid dienone is 21. The Morgan fingerprint density at radius 2 is 0.976 bits per heavy atom.